The summed E-state index contributed by atoms with van der Waals surface area (Å²) in [6, 6.07) is 7.26. The quantitative estimate of drug-likeness (QED) is 0.805. The fraction of sp³-hybridized carbons (Fsp3) is 0.417. The number of sulfone groups is 1. The standard InChI is InChI=1S/C12H14N2O3S2/c1-17-9-4-2-3-8(5-9)14-11-7-19(15,16)6-10(11)13-12(14)18/h2-5,10-11H,6-7H2,1H3,(H,13,18). The first-order valence-electron chi connectivity index (χ1n) is 5.94. The summed E-state index contributed by atoms with van der Waals surface area (Å²) in [5, 5.41) is 3.68. The van der Waals surface area contributed by atoms with Crippen molar-refractivity contribution in [2.45, 2.75) is 12.1 Å². The van der Waals surface area contributed by atoms with Gasteiger partial charge in [-0.05, 0) is 24.4 Å². The highest BCUT2D eigenvalue weighted by Gasteiger charge is 2.47. The molecule has 2 aliphatic rings. The molecule has 0 aromatic heterocycles. The van der Waals surface area contributed by atoms with Crippen molar-refractivity contribution in [1.29, 1.82) is 0 Å². The van der Waals surface area contributed by atoms with E-state index in [1.807, 2.05) is 29.2 Å². The van der Waals surface area contributed by atoms with Gasteiger partial charge < -0.3 is 15.0 Å². The van der Waals surface area contributed by atoms with Gasteiger partial charge in [0.15, 0.2) is 14.9 Å². The molecule has 0 radical (unpaired) electrons. The minimum atomic E-state index is -2.98. The first kappa shape index (κ1) is 12.7. The van der Waals surface area contributed by atoms with E-state index in [0.717, 1.165) is 11.4 Å². The van der Waals surface area contributed by atoms with E-state index in [-0.39, 0.29) is 23.6 Å². The molecule has 0 amide bonds. The van der Waals surface area contributed by atoms with Crippen molar-refractivity contribution in [3.05, 3.63) is 24.3 Å². The molecular weight excluding hydrogens is 284 g/mol. The molecule has 5 nitrogen and oxygen atoms in total. The molecule has 7 heteroatoms. The summed E-state index contributed by atoms with van der Waals surface area (Å²) in [4.78, 5) is 1.88. The maximum Gasteiger partial charge on any atom is 0.174 e. The van der Waals surface area contributed by atoms with E-state index in [4.69, 9.17) is 17.0 Å². The maximum absolute atomic E-state index is 11.7. The zero-order chi connectivity index (χ0) is 13.6. The van der Waals surface area contributed by atoms with Crippen molar-refractivity contribution in [2.24, 2.45) is 0 Å². The van der Waals surface area contributed by atoms with Crippen LogP contribution < -0.4 is 15.0 Å². The first-order valence-corrected chi connectivity index (χ1v) is 8.17. The summed E-state index contributed by atoms with van der Waals surface area (Å²) in [7, 11) is -1.38. The minimum Gasteiger partial charge on any atom is -0.497 e. The number of fused-ring (bicyclic) bond motifs is 1. The van der Waals surface area contributed by atoms with E-state index < -0.39 is 9.84 Å². The van der Waals surface area contributed by atoms with Gasteiger partial charge in [0.1, 0.15) is 5.75 Å². The number of nitrogens with zero attached hydrogens (tertiary/aromatic N) is 1. The molecule has 0 aliphatic carbocycles. The van der Waals surface area contributed by atoms with Gasteiger partial charge in [0, 0.05) is 11.8 Å². The summed E-state index contributed by atoms with van der Waals surface area (Å²) in [5.74, 6) is 1.02. The number of anilines is 1. The zero-order valence-electron chi connectivity index (χ0n) is 10.4. The predicted octanol–water partition coefficient (Wildman–Crippen LogP) is 0.555. The monoisotopic (exact) mass is 298 g/mol. The minimum absolute atomic E-state index is 0.108. The Hall–Kier alpha value is -1.34. The van der Waals surface area contributed by atoms with Crippen LogP contribution in [-0.4, -0.2) is 44.2 Å². The Morgan fingerprint density at radius 3 is 2.95 bits per heavy atom. The van der Waals surface area contributed by atoms with Crippen LogP contribution in [0.4, 0.5) is 5.69 Å². The van der Waals surface area contributed by atoms with Gasteiger partial charge in [0.25, 0.3) is 0 Å². The fourth-order valence-electron chi connectivity index (χ4n) is 2.67. The van der Waals surface area contributed by atoms with Gasteiger partial charge in [-0.2, -0.15) is 0 Å². The molecule has 102 valence electrons. The second kappa shape index (κ2) is 4.35. The van der Waals surface area contributed by atoms with Gasteiger partial charge in [-0.3, -0.25) is 0 Å². The lowest BCUT2D eigenvalue weighted by Gasteiger charge is -2.23. The van der Waals surface area contributed by atoms with Crippen LogP contribution in [0.2, 0.25) is 0 Å². The molecule has 3 rings (SSSR count). The third-order valence-corrected chi connectivity index (χ3v) is 5.54. The number of nitrogens with one attached hydrogen (secondary N) is 1. The average Bonchev–Trinajstić information content (AvgIpc) is 2.79. The number of hydrogen-bond acceptors (Lipinski definition) is 4. The van der Waals surface area contributed by atoms with Crippen molar-refractivity contribution in [1.82, 2.24) is 5.32 Å². The van der Waals surface area contributed by atoms with Crippen molar-refractivity contribution >= 4 is 32.9 Å². The van der Waals surface area contributed by atoms with Crippen LogP contribution in [0.15, 0.2) is 24.3 Å². The van der Waals surface area contributed by atoms with Gasteiger partial charge in [-0.25, -0.2) is 8.42 Å². The Bertz CT molecular complexity index is 630. The first-order chi connectivity index (χ1) is 9.00. The molecule has 0 bridgehead atoms. The molecule has 2 unspecified atom stereocenters. The second-order valence-electron chi connectivity index (χ2n) is 4.77. The van der Waals surface area contributed by atoms with Gasteiger partial charge in [0.2, 0.25) is 0 Å². The lowest BCUT2D eigenvalue weighted by Crippen LogP contribution is -2.36. The van der Waals surface area contributed by atoms with Crippen molar-refractivity contribution in [2.75, 3.05) is 23.5 Å². The number of hydrogen-bond donors (Lipinski definition) is 1. The summed E-state index contributed by atoms with van der Waals surface area (Å²) in [5.41, 5.74) is 0.862. The smallest absolute Gasteiger partial charge is 0.174 e. The van der Waals surface area contributed by atoms with Crippen LogP contribution in [0.5, 0.6) is 5.75 Å². The van der Waals surface area contributed by atoms with Crippen LogP contribution in [0, 0.1) is 0 Å². The lowest BCUT2D eigenvalue weighted by atomic mass is 10.1. The summed E-state index contributed by atoms with van der Waals surface area (Å²) >= 11 is 5.31. The number of ether oxygens (including phenoxy) is 1. The summed E-state index contributed by atoms with van der Waals surface area (Å²) in [6.07, 6.45) is 0. The van der Waals surface area contributed by atoms with Crippen molar-refractivity contribution in [3.63, 3.8) is 0 Å². The fourth-order valence-corrected chi connectivity index (χ4v) is 4.95. The maximum atomic E-state index is 11.7. The highest BCUT2D eigenvalue weighted by molar-refractivity contribution is 7.91. The van der Waals surface area contributed by atoms with Gasteiger partial charge in [-0.15, -0.1) is 0 Å². The molecule has 1 aromatic rings. The van der Waals surface area contributed by atoms with Crippen molar-refractivity contribution in [3.8, 4) is 5.75 Å². The van der Waals surface area contributed by atoms with Gasteiger partial charge >= 0.3 is 0 Å². The van der Waals surface area contributed by atoms with Crippen LogP contribution in [0.1, 0.15) is 0 Å². The summed E-state index contributed by atoms with van der Waals surface area (Å²) in [6.45, 7) is 0. The Morgan fingerprint density at radius 2 is 2.21 bits per heavy atom. The third-order valence-electron chi connectivity index (χ3n) is 3.51. The van der Waals surface area contributed by atoms with Gasteiger partial charge in [-0.1, -0.05) is 6.07 Å². The second-order valence-corrected chi connectivity index (χ2v) is 7.31. The molecule has 1 aromatic carbocycles. The number of methoxy groups -OCH3 is 1. The SMILES string of the molecule is COc1cccc(N2C(=S)NC3CS(=O)(=O)CC32)c1. The largest absolute Gasteiger partial charge is 0.497 e. The zero-order valence-corrected chi connectivity index (χ0v) is 12.0. The van der Waals surface area contributed by atoms with E-state index in [1.54, 1.807) is 7.11 Å². The molecule has 2 heterocycles. The van der Waals surface area contributed by atoms with E-state index >= 15 is 0 Å². The van der Waals surface area contributed by atoms with E-state index in [0.29, 0.717) is 5.11 Å². The number of thiocarbonyl (C=S) groups is 1. The van der Waals surface area contributed by atoms with Gasteiger partial charge in [0.05, 0.1) is 30.7 Å². The average molecular weight is 298 g/mol. The Labute approximate surface area is 117 Å². The summed E-state index contributed by atoms with van der Waals surface area (Å²) < 4.78 is 28.6. The topological polar surface area (TPSA) is 58.6 Å². The third kappa shape index (κ3) is 2.17. The Balaban J connectivity index is 1.97. The Kier molecular flexibility index (Phi) is 2.90. The van der Waals surface area contributed by atoms with Crippen LogP contribution in [0.25, 0.3) is 0 Å². The molecule has 2 fully saturated rings. The van der Waals surface area contributed by atoms with Crippen LogP contribution >= 0.6 is 12.2 Å². The highest BCUT2D eigenvalue weighted by Crippen LogP contribution is 2.31. The van der Waals surface area contributed by atoms with E-state index in [9.17, 15) is 8.42 Å². The van der Waals surface area contributed by atoms with Crippen molar-refractivity contribution < 1.29 is 13.2 Å². The van der Waals surface area contributed by atoms with E-state index in [1.165, 1.54) is 0 Å². The molecule has 2 saturated heterocycles. The number of benzene rings is 1. The molecule has 1 N–H and O–H groups in total. The highest BCUT2D eigenvalue weighted by atomic mass is 32.2. The van der Waals surface area contributed by atoms with Crippen LogP contribution in [-0.2, 0) is 9.84 Å². The van der Waals surface area contributed by atoms with Crippen LogP contribution in [0.3, 0.4) is 0 Å². The Morgan fingerprint density at radius 1 is 1.42 bits per heavy atom. The molecular formula is C12H14N2O3S2. The number of rotatable bonds is 2. The molecule has 0 spiro atoms. The predicted molar refractivity (Wildman–Crippen MR) is 77.4 cm³/mol. The molecule has 0 saturated carbocycles. The lowest BCUT2D eigenvalue weighted by molar-refractivity contribution is 0.415. The normalized spacial score (nSPS) is 28.1. The molecule has 2 atom stereocenters. The van der Waals surface area contributed by atoms with E-state index in [2.05, 4.69) is 5.32 Å². The molecule has 2 aliphatic heterocycles. The molecule has 19 heavy (non-hydrogen) atoms.